The van der Waals surface area contributed by atoms with Crippen molar-refractivity contribution < 1.29 is 9.13 Å². The second-order valence-electron chi connectivity index (χ2n) is 4.55. The Balaban J connectivity index is 2.04. The molecule has 0 radical (unpaired) electrons. The molecule has 0 bridgehead atoms. The Morgan fingerprint density at radius 3 is 3.06 bits per heavy atom. The highest BCUT2D eigenvalue weighted by atomic mass is 19.1. The van der Waals surface area contributed by atoms with Crippen LogP contribution >= 0.6 is 0 Å². The van der Waals surface area contributed by atoms with Crippen LogP contribution < -0.4 is 10.1 Å². The molecule has 1 aromatic rings. The van der Waals surface area contributed by atoms with Crippen LogP contribution in [0.2, 0.25) is 0 Å². The monoisotopic (exact) mass is 221 g/mol. The van der Waals surface area contributed by atoms with E-state index in [1.54, 1.807) is 6.07 Å². The number of hydrogen-bond donors (Lipinski definition) is 1. The topological polar surface area (TPSA) is 21.3 Å². The summed E-state index contributed by atoms with van der Waals surface area (Å²) in [7, 11) is 0. The van der Waals surface area contributed by atoms with Crippen molar-refractivity contribution in [3.63, 3.8) is 0 Å². The van der Waals surface area contributed by atoms with Crippen LogP contribution in [0.1, 0.15) is 36.4 Å². The van der Waals surface area contributed by atoms with E-state index in [1.807, 2.05) is 6.07 Å². The zero-order valence-electron chi connectivity index (χ0n) is 9.26. The minimum atomic E-state index is -0.114. The normalized spacial score (nSPS) is 23.9. The molecule has 3 heteroatoms. The molecular formula is C13H16FNO. The second-order valence-corrected chi connectivity index (χ2v) is 4.55. The summed E-state index contributed by atoms with van der Waals surface area (Å²) in [5.41, 5.74) is 1.92. The summed E-state index contributed by atoms with van der Waals surface area (Å²) in [5, 5.41) is 3.44. The predicted molar refractivity (Wildman–Crippen MR) is 60.2 cm³/mol. The zero-order valence-corrected chi connectivity index (χ0v) is 9.26. The van der Waals surface area contributed by atoms with Crippen LogP contribution in [-0.4, -0.2) is 13.2 Å². The zero-order chi connectivity index (χ0) is 11.0. The first-order valence-electron chi connectivity index (χ1n) is 6.04. The minimum absolute atomic E-state index is 0.114. The largest absolute Gasteiger partial charge is 0.493 e. The molecule has 1 aromatic carbocycles. The molecule has 3 rings (SSSR count). The number of fused-ring (bicyclic) bond motifs is 1. The summed E-state index contributed by atoms with van der Waals surface area (Å²) < 4.78 is 19.3. The van der Waals surface area contributed by atoms with E-state index in [0.29, 0.717) is 6.04 Å². The van der Waals surface area contributed by atoms with Crippen molar-refractivity contribution in [2.45, 2.75) is 31.7 Å². The summed E-state index contributed by atoms with van der Waals surface area (Å²) in [5.74, 6) is 0.696. The lowest BCUT2D eigenvalue weighted by molar-refractivity contribution is 0.278. The van der Waals surface area contributed by atoms with E-state index in [1.165, 1.54) is 6.42 Å². The van der Waals surface area contributed by atoms with Gasteiger partial charge < -0.3 is 10.1 Å². The molecule has 0 saturated carbocycles. The van der Waals surface area contributed by atoms with E-state index >= 15 is 0 Å². The van der Waals surface area contributed by atoms with Crippen LogP contribution in [0.3, 0.4) is 0 Å². The maximum absolute atomic E-state index is 13.6. The predicted octanol–water partition coefficient (Wildman–Crippen LogP) is 2.58. The standard InChI is InChI=1S/C13H16FNO/c14-11-6-5-10(12-4-1-7-15-12)13-9(11)3-2-8-16-13/h5-6,12,15H,1-4,7-8H2/t12-/m1/s1. The van der Waals surface area contributed by atoms with Crippen molar-refractivity contribution in [1.82, 2.24) is 5.32 Å². The molecule has 2 aliphatic heterocycles. The molecule has 0 spiro atoms. The molecular weight excluding hydrogens is 205 g/mol. The summed E-state index contributed by atoms with van der Waals surface area (Å²) in [6.45, 7) is 1.77. The van der Waals surface area contributed by atoms with Crippen molar-refractivity contribution in [3.8, 4) is 5.75 Å². The molecule has 1 fully saturated rings. The van der Waals surface area contributed by atoms with Crippen LogP contribution in [0.15, 0.2) is 12.1 Å². The SMILES string of the molecule is Fc1ccc([C@H]2CCCN2)c2c1CCCO2. The Morgan fingerprint density at radius 1 is 1.31 bits per heavy atom. The van der Waals surface area contributed by atoms with Gasteiger partial charge in [0.25, 0.3) is 0 Å². The highest BCUT2D eigenvalue weighted by Crippen LogP contribution is 2.37. The number of halogens is 1. The average Bonchev–Trinajstić information content (AvgIpc) is 2.83. The third kappa shape index (κ3) is 1.59. The van der Waals surface area contributed by atoms with E-state index in [0.717, 1.165) is 49.3 Å². The summed E-state index contributed by atoms with van der Waals surface area (Å²) in [6, 6.07) is 3.82. The Labute approximate surface area is 94.8 Å². The number of hydrogen-bond acceptors (Lipinski definition) is 2. The minimum Gasteiger partial charge on any atom is -0.493 e. The van der Waals surface area contributed by atoms with Crippen molar-refractivity contribution in [3.05, 3.63) is 29.1 Å². The molecule has 1 N–H and O–H groups in total. The van der Waals surface area contributed by atoms with Gasteiger partial charge in [-0.05, 0) is 38.3 Å². The van der Waals surface area contributed by atoms with Gasteiger partial charge in [0, 0.05) is 17.2 Å². The van der Waals surface area contributed by atoms with E-state index in [9.17, 15) is 4.39 Å². The van der Waals surface area contributed by atoms with Gasteiger partial charge in [-0.2, -0.15) is 0 Å². The van der Waals surface area contributed by atoms with Gasteiger partial charge in [-0.1, -0.05) is 6.07 Å². The summed E-state index contributed by atoms with van der Waals surface area (Å²) >= 11 is 0. The van der Waals surface area contributed by atoms with Crippen molar-refractivity contribution >= 4 is 0 Å². The first kappa shape index (κ1) is 10.1. The Bertz CT molecular complexity index is 399. The first-order valence-corrected chi connectivity index (χ1v) is 6.04. The number of nitrogens with one attached hydrogen (secondary N) is 1. The summed E-state index contributed by atoms with van der Waals surface area (Å²) in [4.78, 5) is 0. The van der Waals surface area contributed by atoms with Crippen molar-refractivity contribution in [1.29, 1.82) is 0 Å². The second kappa shape index (κ2) is 4.06. The number of benzene rings is 1. The molecule has 0 aliphatic carbocycles. The number of ether oxygens (including phenoxy) is 1. The lowest BCUT2D eigenvalue weighted by atomic mass is 9.97. The summed E-state index contributed by atoms with van der Waals surface area (Å²) in [6.07, 6.45) is 4.05. The fraction of sp³-hybridized carbons (Fsp3) is 0.538. The molecule has 16 heavy (non-hydrogen) atoms. The highest BCUT2D eigenvalue weighted by Gasteiger charge is 2.25. The molecule has 2 nitrogen and oxygen atoms in total. The van der Waals surface area contributed by atoms with E-state index in [-0.39, 0.29) is 5.82 Å². The maximum atomic E-state index is 13.6. The third-order valence-corrected chi connectivity index (χ3v) is 3.49. The van der Waals surface area contributed by atoms with Crippen LogP contribution in [0.25, 0.3) is 0 Å². The van der Waals surface area contributed by atoms with Crippen molar-refractivity contribution in [2.75, 3.05) is 13.2 Å². The molecule has 2 aliphatic rings. The lowest BCUT2D eigenvalue weighted by Gasteiger charge is -2.23. The van der Waals surface area contributed by atoms with Gasteiger partial charge in [0.1, 0.15) is 11.6 Å². The lowest BCUT2D eigenvalue weighted by Crippen LogP contribution is -2.18. The fourth-order valence-electron chi connectivity index (χ4n) is 2.67. The van der Waals surface area contributed by atoms with Gasteiger partial charge in [-0.3, -0.25) is 0 Å². The smallest absolute Gasteiger partial charge is 0.130 e. The van der Waals surface area contributed by atoms with Crippen LogP contribution in [-0.2, 0) is 6.42 Å². The van der Waals surface area contributed by atoms with E-state index in [2.05, 4.69) is 5.32 Å². The quantitative estimate of drug-likeness (QED) is 0.787. The van der Waals surface area contributed by atoms with Crippen LogP contribution in [0, 0.1) is 5.82 Å². The maximum Gasteiger partial charge on any atom is 0.130 e. The van der Waals surface area contributed by atoms with Crippen molar-refractivity contribution in [2.24, 2.45) is 0 Å². The highest BCUT2D eigenvalue weighted by molar-refractivity contribution is 5.45. The van der Waals surface area contributed by atoms with Gasteiger partial charge in [0.15, 0.2) is 0 Å². The molecule has 0 unspecified atom stereocenters. The molecule has 1 atom stereocenters. The van der Waals surface area contributed by atoms with Gasteiger partial charge in [0.05, 0.1) is 6.61 Å². The average molecular weight is 221 g/mol. The first-order chi connectivity index (χ1) is 7.86. The molecule has 86 valence electrons. The Kier molecular flexibility index (Phi) is 2.56. The van der Waals surface area contributed by atoms with Gasteiger partial charge in [-0.15, -0.1) is 0 Å². The van der Waals surface area contributed by atoms with Crippen LogP contribution in [0.4, 0.5) is 4.39 Å². The third-order valence-electron chi connectivity index (χ3n) is 3.49. The van der Waals surface area contributed by atoms with Gasteiger partial charge >= 0.3 is 0 Å². The van der Waals surface area contributed by atoms with Gasteiger partial charge in [0.2, 0.25) is 0 Å². The Hall–Kier alpha value is -1.09. The molecule has 0 amide bonds. The fourth-order valence-corrected chi connectivity index (χ4v) is 2.67. The van der Waals surface area contributed by atoms with Crippen LogP contribution in [0.5, 0.6) is 5.75 Å². The van der Waals surface area contributed by atoms with E-state index in [4.69, 9.17) is 4.74 Å². The van der Waals surface area contributed by atoms with E-state index < -0.39 is 0 Å². The Morgan fingerprint density at radius 2 is 2.25 bits per heavy atom. The van der Waals surface area contributed by atoms with Gasteiger partial charge in [-0.25, -0.2) is 4.39 Å². The molecule has 2 heterocycles. The molecule has 0 aromatic heterocycles. The number of rotatable bonds is 1. The molecule has 1 saturated heterocycles.